The van der Waals surface area contributed by atoms with Gasteiger partial charge >= 0.3 is 0 Å². The quantitative estimate of drug-likeness (QED) is 0.745. The number of aryl methyl sites for hydroxylation is 1. The third kappa shape index (κ3) is 2.32. The molecule has 0 amide bonds. The van der Waals surface area contributed by atoms with Gasteiger partial charge in [0.05, 0.1) is 6.26 Å². The zero-order valence-corrected chi connectivity index (χ0v) is 8.37. The highest BCUT2D eigenvalue weighted by Gasteiger charge is 2.19. The van der Waals surface area contributed by atoms with Crippen molar-refractivity contribution < 1.29 is 9.52 Å². The summed E-state index contributed by atoms with van der Waals surface area (Å²) in [6, 6.07) is 1.88. The molecule has 0 aliphatic carbocycles. The van der Waals surface area contributed by atoms with Crippen LogP contribution in [0.2, 0.25) is 0 Å². The molecule has 0 saturated heterocycles. The monoisotopic (exact) mass is 183 g/mol. The predicted octanol–water partition coefficient (Wildman–Crippen LogP) is 1.62. The van der Waals surface area contributed by atoms with Crippen molar-refractivity contribution in [3.05, 3.63) is 23.7 Å². The van der Waals surface area contributed by atoms with E-state index in [-0.39, 0.29) is 6.04 Å². The Morgan fingerprint density at radius 3 is 2.77 bits per heavy atom. The summed E-state index contributed by atoms with van der Waals surface area (Å²) < 4.78 is 5.20. The molecule has 1 aromatic heterocycles. The minimum atomic E-state index is -0.560. The Balaban J connectivity index is 2.67. The number of likely N-dealkylation sites (N-methyl/N-ethyl adjacent to an activating group) is 1. The number of furan rings is 1. The Morgan fingerprint density at radius 1 is 1.62 bits per heavy atom. The van der Waals surface area contributed by atoms with E-state index in [1.54, 1.807) is 6.26 Å². The fraction of sp³-hybridized carbons (Fsp3) is 0.600. The largest absolute Gasteiger partial charge is 0.466 e. The topological polar surface area (TPSA) is 45.4 Å². The van der Waals surface area contributed by atoms with Gasteiger partial charge in [0, 0.05) is 6.04 Å². The highest BCUT2D eigenvalue weighted by atomic mass is 16.4. The molecule has 1 rings (SSSR count). The molecular formula is C10H17NO2. The lowest BCUT2D eigenvalue weighted by Crippen LogP contribution is -2.31. The van der Waals surface area contributed by atoms with Gasteiger partial charge in [0.1, 0.15) is 11.9 Å². The Morgan fingerprint density at radius 2 is 2.31 bits per heavy atom. The van der Waals surface area contributed by atoms with Crippen molar-refractivity contribution in [3.63, 3.8) is 0 Å². The fourth-order valence-corrected chi connectivity index (χ4v) is 1.35. The first-order valence-electron chi connectivity index (χ1n) is 4.62. The third-order valence-electron chi connectivity index (χ3n) is 2.17. The summed E-state index contributed by atoms with van der Waals surface area (Å²) in [5.74, 6) is 0.661. The molecule has 13 heavy (non-hydrogen) atoms. The van der Waals surface area contributed by atoms with Crippen LogP contribution in [0, 0.1) is 6.92 Å². The highest BCUT2D eigenvalue weighted by Crippen LogP contribution is 2.21. The zero-order chi connectivity index (χ0) is 9.84. The number of rotatable bonds is 4. The average Bonchev–Trinajstić information content (AvgIpc) is 2.50. The highest BCUT2D eigenvalue weighted by molar-refractivity contribution is 5.17. The van der Waals surface area contributed by atoms with Crippen molar-refractivity contribution in [3.8, 4) is 0 Å². The number of aliphatic hydroxyl groups is 1. The summed E-state index contributed by atoms with van der Waals surface area (Å²) in [6.45, 7) is 6.73. The minimum Gasteiger partial charge on any atom is -0.466 e. The molecular weight excluding hydrogens is 166 g/mol. The molecule has 2 unspecified atom stereocenters. The normalized spacial score (nSPS) is 15.7. The number of aliphatic hydroxyl groups excluding tert-OH is 1. The minimum absolute atomic E-state index is 0.0230. The van der Waals surface area contributed by atoms with E-state index in [9.17, 15) is 5.11 Å². The van der Waals surface area contributed by atoms with Crippen molar-refractivity contribution in [2.75, 3.05) is 6.54 Å². The van der Waals surface area contributed by atoms with Crippen LogP contribution >= 0.6 is 0 Å². The Labute approximate surface area is 78.8 Å². The predicted molar refractivity (Wildman–Crippen MR) is 51.5 cm³/mol. The van der Waals surface area contributed by atoms with Gasteiger partial charge in [0.15, 0.2) is 0 Å². The number of hydrogen-bond donors (Lipinski definition) is 2. The van der Waals surface area contributed by atoms with Crippen LogP contribution in [0.25, 0.3) is 0 Å². The molecule has 2 N–H and O–H groups in total. The van der Waals surface area contributed by atoms with Crippen LogP contribution in [-0.4, -0.2) is 17.7 Å². The van der Waals surface area contributed by atoms with Crippen LogP contribution in [0.1, 0.15) is 31.3 Å². The second kappa shape index (κ2) is 4.44. The van der Waals surface area contributed by atoms with Gasteiger partial charge in [-0.25, -0.2) is 0 Å². The molecule has 0 spiro atoms. The molecule has 1 aromatic rings. The van der Waals surface area contributed by atoms with Gasteiger partial charge in [-0.1, -0.05) is 6.92 Å². The van der Waals surface area contributed by atoms with Gasteiger partial charge in [0.25, 0.3) is 0 Å². The second-order valence-electron chi connectivity index (χ2n) is 3.26. The van der Waals surface area contributed by atoms with Crippen molar-refractivity contribution in [2.45, 2.75) is 32.9 Å². The zero-order valence-electron chi connectivity index (χ0n) is 8.37. The lowest BCUT2D eigenvalue weighted by molar-refractivity contribution is 0.112. The maximum atomic E-state index is 9.83. The third-order valence-corrected chi connectivity index (χ3v) is 2.17. The van der Waals surface area contributed by atoms with Gasteiger partial charge < -0.3 is 14.8 Å². The maximum Gasteiger partial charge on any atom is 0.136 e. The van der Waals surface area contributed by atoms with E-state index >= 15 is 0 Å². The summed E-state index contributed by atoms with van der Waals surface area (Å²) in [5.41, 5.74) is 0.997. The molecule has 0 radical (unpaired) electrons. The van der Waals surface area contributed by atoms with Crippen LogP contribution < -0.4 is 5.32 Å². The van der Waals surface area contributed by atoms with E-state index < -0.39 is 6.10 Å². The summed E-state index contributed by atoms with van der Waals surface area (Å²) in [6.07, 6.45) is 1.04. The molecule has 0 aromatic carbocycles. The molecule has 0 saturated carbocycles. The van der Waals surface area contributed by atoms with Gasteiger partial charge in [-0.15, -0.1) is 0 Å². The van der Waals surface area contributed by atoms with Crippen LogP contribution in [0.3, 0.4) is 0 Å². The number of hydrogen-bond acceptors (Lipinski definition) is 3. The van der Waals surface area contributed by atoms with E-state index in [4.69, 9.17) is 4.42 Å². The van der Waals surface area contributed by atoms with Gasteiger partial charge in [-0.05, 0) is 32.0 Å². The Kier molecular flexibility index (Phi) is 3.51. The molecule has 1 heterocycles. The molecule has 0 fully saturated rings. The van der Waals surface area contributed by atoms with Crippen LogP contribution in [0.15, 0.2) is 16.7 Å². The van der Waals surface area contributed by atoms with Crippen LogP contribution in [0.5, 0.6) is 0 Å². The van der Waals surface area contributed by atoms with Gasteiger partial charge in [0.2, 0.25) is 0 Å². The van der Waals surface area contributed by atoms with E-state index in [0.29, 0.717) is 5.76 Å². The lowest BCUT2D eigenvalue weighted by Gasteiger charge is -2.18. The van der Waals surface area contributed by atoms with E-state index in [1.807, 2.05) is 26.8 Å². The number of nitrogens with one attached hydrogen (secondary N) is 1. The summed E-state index contributed by atoms with van der Waals surface area (Å²) in [4.78, 5) is 0. The standard InChI is InChI=1S/C10H17NO2/c1-4-11-8(3)9(12)10-7(2)5-6-13-10/h5-6,8-9,11-12H,4H2,1-3H3. The first-order valence-corrected chi connectivity index (χ1v) is 4.62. The van der Waals surface area contributed by atoms with E-state index in [1.165, 1.54) is 0 Å². The SMILES string of the molecule is CCNC(C)C(O)c1occc1C. The molecule has 2 atom stereocenters. The van der Waals surface area contributed by atoms with Crippen molar-refractivity contribution >= 4 is 0 Å². The van der Waals surface area contributed by atoms with E-state index in [2.05, 4.69) is 5.32 Å². The van der Waals surface area contributed by atoms with Gasteiger partial charge in [-0.3, -0.25) is 0 Å². The molecule has 3 heteroatoms. The first kappa shape index (κ1) is 10.3. The molecule has 0 aliphatic heterocycles. The molecule has 0 bridgehead atoms. The smallest absolute Gasteiger partial charge is 0.136 e. The molecule has 3 nitrogen and oxygen atoms in total. The average molecular weight is 183 g/mol. The molecule has 0 aliphatic rings. The summed E-state index contributed by atoms with van der Waals surface area (Å²) >= 11 is 0. The second-order valence-corrected chi connectivity index (χ2v) is 3.26. The van der Waals surface area contributed by atoms with Gasteiger partial charge in [-0.2, -0.15) is 0 Å². The maximum absolute atomic E-state index is 9.83. The van der Waals surface area contributed by atoms with Crippen molar-refractivity contribution in [1.82, 2.24) is 5.32 Å². The first-order chi connectivity index (χ1) is 6.16. The van der Waals surface area contributed by atoms with Crippen molar-refractivity contribution in [1.29, 1.82) is 0 Å². The fourth-order valence-electron chi connectivity index (χ4n) is 1.35. The Bertz CT molecular complexity index is 257. The summed E-state index contributed by atoms with van der Waals surface area (Å²) in [7, 11) is 0. The van der Waals surface area contributed by atoms with Crippen molar-refractivity contribution in [2.24, 2.45) is 0 Å². The Hall–Kier alpha value is -0.800. The van der Waals surface area contributed by atoms with Crippen LogP contribution in [-0.2, 0) is 0 Å². The molecule has 74 valence electrons. The van der Waals surface area contributed by atoms with E-state index in [0.717, 1.165) is 12.1 Å². The van der Waals surface area contributed by atoms with Crippen LogP contribution in [0.4, 0.5) is 0 Å². The summed E-state index contributed by atoms with van der Waals surface area (Å²) in [5, 5.41) is 13.0. The lowest BCUT2D eigenvalue weighted by atomic mass is 10.1.